The Balaban J connectivity index is 2.28. The molecule has 0 aliphatic rings. The van der Waals surface area contributed by atoms with Gasteiger partial charge in [-0.3, -0.25) is 4.79 Å². The molecule has 0 aliphatic heterocycles. The van der Waals surface area contributed by atoms with Crippen LogP contribution in [0.5, 0.6) is 0 Å². The summed E-state index contributed by atoms with van der Waals surface area (Å²) in [7, 11) is 0. The predicted molar refractivity (Wildman–Crippen MR) is 62.3 cm³/mol. The zero-order chi connectivity index (χ0) is 11.3. The van der Waals surface area contributed by atoms with E-state index in [1.54, 1.807) is 6.92 Å². The lowest BCUT2D eigenvalue weighted by Crippen LogP contribution is -2.25. The van der Waals surface area contributed by atoms with Crippen molar-refractivity contribution in [2.45, 2.75) is 32.8 Å². The fourth-order valence-electron chi connectivity index (χ4n) is 1.29. The molecule has 1 rings (SSSR count). The lowest BCUT2D eigenvalue weighted by Gasteiger charge is -2.06. The van der Waals surface area contributed by atoms with E-state index < -0.39 is 0 Å². The van der Waals surface area contributed by atoms with Crippen molar-refractivity contribution in [3.8, 4) is 0 Å². The van der Waals surface area contributed by atoms with Crippen LogP contribution in [0.3, 0.4) is 0 Å². The molecule has 0 saturated heterocycles. The maximum Gasteiger partial charge on any atom is 0.252 e. The van der Waals surface area contributed by atoms with Gasteiger partial charge in [-0.05, 0) is 37.6 Å². The average molecular weight is 227 g/mol. The minimum absolute atomic E-state index is 0.0145. The van der Waals surface area contributed by atoms with Crippen molar-refractivity contribution < 1.29 is 9.90 Å². The van der Waals surface area contributed by atoms with Crippen molar-refractivity contribution in [1.82, 2.24) is 5.32 Å². The topological polar surface area (TPSA) is 49.3 Å². The molecule has 84 valence electrons. The Morgan fingerprint density at radius 1 is 1.60 bits per heavy atom. The van der Waals surface area contributed by atoms with Crippen molar-refractivity contribution in [3.05, 3.63) is 21.9 Å². The van der Waals surface area contributed by atoms with E-state index in [1.807, 2.05) is 17.7 Å². The highest BCUT2D eigenvalue weighted by atomic mass is 32.1. The fraction of sp³-hybridized carbons (Fsp3) is 0.545. The summed E-state index contributed by atoms with van der Waals surface area (Å²) in [6.45, 7) is 4.31. The summed E-state index contributed by atoms with van der Waals surface area (Å²) in [6, 6.07) is 0. The molecule has 1 unspecified atom stereocenters. The average Bonchev–Trinajstić information content (AvgIpc) is 2.58. The number of nitrogens with one attached hydrogen (secondary N) is 1. The summed E-state index contributed by atoms with van der Waals surface area (Å²) >= 11 is 1.54. The molecule has 0 radical (unpaired) electrons. The van der Waals surface area contributed by atoms with Gasteiger partial charge in [0, 0.05) is 11.9 Å². The van der Waals surface area contributed by atoms with Crippen molar-refractivity contribution in [1.29, 1.82) is 0 Å². The molecule has 0 spiro atoms. The highest BCUT2D eigenvalue weighted by molar-refractivity contribution is 7.08. The molecule has 0 saturated carbocycles. The van der Waals surface area contributed by atoms with Crippen LogP contribution >= 0.6 is 11.3 Å². The minimum Gasteiger partial charge on any atom is -0.393 e. The van der Waals surface area contributed by atoms with E-state index in [2.05, 4.69) is 5.32 Å². The zero-order valence-electron chi connectivity index (χ0n) is 9.12. The van der Waals surface area contributed by atoms with Crippen LogP contribution < -0.4 is 5.32 Å². The van der Waals surface area contributed by atoms with Crippen molar-refractivity contribution in [2.24, 2.45) is 0 Å². The number of aliphatic hydroxyl groups excluding tert-OH is 1. The second kappa shape index (κ2) is 5.88. The van der Waals surface area contributed by atoms with E-state index in [-0.39, 0.29) is 12.0 Å². The quantitative estimate of drug-likeness (QED) is 0.755. The normalized spacial score (nSPS) is 12.5. The van der Waals surface area contributed by atoms with Gasteiger partial charge in [-0.2, -0.15) is 11.3 Å². The van der Waals surface area contributed by atoms with Gasteiger partial charge in [-0.1, -0.05) is 0 Å². The molecule has 1 heterocycles. The summed E-state index contributed by atoms with van der Waals surface area (Å²) in [5, 5.41) is 15.7. The second-order valence-corrected chi connectivity index (χ2v) is 4.46. The number of hydrogen-bond acceptors (Lipinski definition) is 3. The molecule has 1 aromatic rings. The molecule has 0 aliphatic carbocycles. The number of carbonyl (C=O) groups excluding carboxylic acids is 1. The van der Waals surface area contributed by atoms with E-state index >= 15 is 0 Å². The summed E-state index contributed by atoms with van der Waals surface area (Å²) in [4.78, 5) is 11.6. The molecule has 3 nitrogen and oxygen atoms in total. The van der Waals surface area contributed by atoms with E-state index in [0.29, 0.717) is 6.54 Å². The largest absolute Gasteiger partial charge is 0.393 e. The third kappa shape index (κ3) is 4.01. The lowest BCUT2D eigenvalue weighted by molar-refractivity contribution is 0.0949. The van der Waals surface area contributed by atoms with Crippen LogP contribution in [-0.4, -0.2) is 23.7 Å². The molecule has 1 amide bonds. The van der Waals surface area contributed by atoms with E-state index in [0.717, 1.165) is 24.0 Å². The predicted octanol–water partition coefficient (Wildman–Crippen LogP) is 1.95. The summed E-state index contributed by atoms with van der Waals surface area (Å²) in [5.41, 5.74) is 1.78. The van der Waals surface area contributed by atoms with Gasteiger partial charge in [-0.25, -0.2) is 0 Å². The first-order valence-corrected chi connectivity index (χ1v) is 6.04. The first-order valence-electron chi connectivity index (χ1n) is 5.10. The van der Waals surface area contributed by atoms with Crippen molar-refractivity contribution in [3.63, 3.8) is 0 Å². The number of amides is 1. The summed E-state index contributed by atoms with van der Waals surface area (Å²) in [6.07, 6.45) is 1.25. The van der Waals surface area contributed by atoms with Crippen LogP contribution in [-0.2, 0) is 0 Å². The van der Waals surface area contributed by atoms with Crippen LogP contribution in [0.1, 0.15) is 35.7 Å². The van der Waals surface area contributed by atoms with Crippen LogP contribution in [0, 0.1) is 6.92 Å². The molecule has 4 heteroatoms. The second-order valence-electron chi connectivity index (χ2n) is 3.72. The Morgan fingerprint density at radius 3 is 2.87 bits per heavy atom. The van der Waals surface area contributed by atoms with Crippen LogP contribution in [0.15, 0.2) is 10.8 Å². The Kier molecular flexibility index (Phi) is 4.78. The van der Waals surface area contributed by atoms with Gasteiger partial charge in [-0.15, -0.1) is 0 Å². The van der Waals surface area contributed by atoms with Gasteiger partial charge in [0.15, 0.2) is 0 Å². The van der Waals surface area contributed by atoms with Crippen molar-refractivity contribution >= 4 is 17.2 Å². The van der Waals surface area contributed by atoms with E-state index in [4.69, 9.17) is 5.11 Å². The van der Waals surface area contributed by atoms with Gasteiger partial charge in [0.25, 0.3) is 5.91 Å². The molecule has 2 N–H and O–H groups in total. The first-order chi connectivity index (χ1) is 7.11. The van der Waals surface area contributed by atoms with Gasteiger partial charge in [0.1, 0.15) is 0 Å². The van der Waals surface area contributed by atoms with E-state index in [1.165, 1.54) is 11.3 Å². The zero-order valence-corrected chi connectivity index (χ0v) is 9.93. The smallest absolute Gasteiger partial charge is 0.252 e. The number of aliphatic hydroxyl groups is 1. The number of thiophene rings is 1. The maximum absolute atomic E-state index is 11.6. The molecule has 1 atom stereocenters. The standard InChI is InChI=1S/C11H17NO2S/c1-8-6-15-7-10(8)11(14)12-5-3-4-9(2)13/h6-7,9,13H,3-5H2,1-2H3,(H,12,14). The molecular weight excluding hydrogens is 210 g/mol. The number of rotatable bonds is 5. The third-order valence-corrected chi connectivity index (χ3v) is 3.05. The van der Waals surface area contributed by atoms with E-state index in [9.17, 15) is 4.79 Å². The number of carbonyl (C=O) groups is 1. The fourth-order valence-corrected chi connectivity index (χ4v) is 2.12. The Morgan fingerprint density at radius 2 is 2.33 bits per heavy atom. The van der Waals surface area contributed by atoms with Gasteiger partial charge < -0.3 is 10.4 Å². The van der Waals surface area contributed by atoms with Crippen molar-refractivity contribution in [2.75, 3.05) is 6.54 Å². The minimum atomic E-state index is -0.287. The summed E-state index contributed by atoms with van der Waals surface area (Å²) < 4.78 is 0. The monoisotopic (exact) mass is 227 g/mol. The van der Waals surface area contributed by atoms with Crippen LogP contribution in [0.25, 0.3) is 0 Å². The van der Waals surface area contributed by atoms with Gasteiger partial charge in [0.05, 0.1) is 11.7 Å². The Labute approximate surface area is 94.1 Å². The first kappa shape index (κ1) is 12.2. The third-order valence-electron chi connectivity index (χ3n) is 2.18. The highest BCUT2D eigenvalue weighted by Gasteiger charge is 2.08. The lowest BCUT2D eigenvalue weighted by atomic mass is 10.2. The molecule has 1 aromatic heterocycles. The van der Waals surface area contributed by atoms with Crippen LogP contribution in [0.2, 0.25) is 0 Å². The molecule has 0 fully saturated rings. The highest BCUT2D eigenvalue weighted by Crippen LogP contribution is 2.13. The summed E-state index contributed by atoms with van der Waals surface area (Å²) in [5.74, 6) is -0.0145. The SMILES string of the molecule is Cc1cscc1C(=O)NCCCC(C)O. The molecule has 15 heavy (non-hydrogen) atoms. The molecular formula is C11H17NO2S. The Hall–Kier alpha value is -0.870. The van der Waals surface area contributed by atoms with Gasteiger partial charge in [0.2, 0.25) is 0 Å². The van der Waals surface area contributed by atoms with Gasteiger partial charge >= 0.3 is 0 Å². The maximum atomic E-state index is 11.6. The molecule has 0 aromatic carbocycles. The van der Waals surface area contributed by atoms with Crippen LogP contribution in [0.4, 0.5) is 0 Å². The number of aryl methyl sites for hydroxylation is 1. The molecule has 0 bridgehead atoms. The number of hydrogen-bond donors (Lipinski definition) is 2. The Bertz CT molecular complexity index is 320.